The van der Waals surface area contributed by atoms with Crippen LogP contribution in [0.25, 0.3) is 0 Å². The van der Waals surface area contributed by atoms with Crippen molar-refractivity contribution in [2.75, 3.05) is 39.0 Å². The molecule has 2 fully saturated rings. The molecule has 1 N–H and O–H groups in total. The maximum Gasteiger partial charge on any atom is 0.240 e. The highest BCUT2D eigenvalue weighted by Gasteiger charge is 2.37. The van der Waals surface area contributed by atoms with E-state index in [9.17, 15) is 13.2 Å². The van der Waals surface area contributed by atoms with Gasteiger partial charge < -0.3 is 15.0 Å². The fraction of sp³-hybridized carbons (Fsp3) is 0.917. The Kier molecular flexibility index (Phi) is 4.81. The molecule has 6 nitrogen and oxygen atoms in total. The largest absolute Gasteiger partial charge is 0.374 e. The first kappa shape index (κ1) is 14.7. The monoisotopic (exact) mass is 290 g/mol. The average Bonchev–Trinajstić information content (AvgIpc) is 2.38. The van der Waals surface area contributed by atoms with Crippen LogP contribution in [0.2, 0.25) is 0 Å². The predicted octanol–water partition coefficient (Wildman–Crippen LogP) is -0.599. The lowest BCUT2D eigenvalue weighted by Gasteiger charge is -2.31. The van der Waals surface area contributed by atoms with E-state index in [0.717, 1.165) is 13.0 Å². The van der Waals surface area contributed by atoms with Crippen molar-refractivity contribution in [3.8, 4) is 0 Å². The van der Waals surface area contributed by atoms with Gasteiger partial charge in [-0.3, -0.25) is 4.79 Å². The zero-order valence-electron chi connectivity index (χ0n) is 11.3. The zero-order chi connectivity index (χ0) is 13.9. The fourth-order valence-corrected chi connectivity index (χ4v) is 4.51. The van der Waals surface area contributed by atoms with Gasteiger partial charge in [-0.05, 0) is 12.8 Å². The number of hydrogen-bond acceptors (Lipinski definition) is 5. The van der Waals surface area contributed by atoms with Gasteiger partial charge in [0.05, 0.1) is 18.5 Å². The van der Waals surface area contributed by atoms with Crippen LogP contribution in [0.4, 0.5) is 0 Å². The number of hydrogen-bond donors (Lipinski definition) is 1. The Labute approximate surface area is 114 Å². The summed E-state index contributed by atoms with van der Waals surface area (Å²) in [6.45, 7) is 2.60. The number of carbonyl (C=O) groups excluding carboxylic acids is 1. The fourth-order valence-electron chi connectivity index (χ4n) is 2.61. The summed E-state index contributed by atoms with van der Waals surface area (Å²) >= 11 is 0. The molecule has 2 atom stereocenters. The molecule has 2 saturated heterocycles. The molecular formula is C12H22N2O4S. The van der Waals surface area contributed by atoms with Gasteiger partial charge in [-0.25, -0.2) is 8.42 Å². The van der Waals surface area contributed by atoms with Crippen LogP contribution in [0.15, 0.2) is 0 Å². The van der Waals surface area contributed by atoms with E-state index in [1.807, 2.05) is 0 Å². The summed E-state index contributed by atoms with van der Waals surface area (Å²) in [6, 6.07) is 0. The van der Waals surface area contributed by atoms with E-state index in [0.29, 0.717) is 32.5 Å². The van der Waals surface area contributed by atoms with Crippen LogP contribution < -0.4 is 5.32 Å². The number of morpholine rings is 1. The molecule has 0 spiro atoms. The Morgan fingerprint density at radius 1 is 1.42 bits per heavy atom. The molecule has 2 aliphatic rings. The maximum atomic E-state index is 12.3. The third-order valence-corrected chi connectivity index (χ3v) is 5.87. The summed E-state index contributed by atoms with van der Waals surface area (Å²) in [7, 11) is -1.60. The van der Waals surface area contributed by atoms with E-state index >= 15 is 0 Å². The van der Waals surface area contributed by atoms with Gasteiger partial charge in [0.2, 0.25) is 5.91 Å². The number of carbonyl (C=O) groups is 1. The number of rotatable bonds is 3. The highest BCUT2D eigenvalue weighted by Crippen LogP contribution is 2.21. The first-order chi connectivity index (χ1) is 9.00. The highest BCUT2D eigenvalue weighted by atomic mass is 32.2. The first-order valence-electron chi connectivity index (χ1n) is 6.79. The minimum absolute atomic E-state index is 0.0472. The molecule has 0 aromatic heterocycles. The number of sulfone groups is 1. The van der Waals surface area contributed by atoms with Crippen molar-refractivity contribution in [2.24, 2.45) is 0 Å². The van der Waals surface area contributed by atoms with Crippen LogP contribution in [-0.2, 0) is 19.4 Å². The van der Waals surface area contributed by atoms with E-state index in [1.54, 1.807) is 7.05 Å². The molecule has 2 rings (SSSR count). The van der Waals surface area contributed by atoms with Crippen LogP contribution in [0.1, 0.15) is 19.3 Å². The third-order valence-electron chi connectivity index (χ3n) is 3.71. The lowest BCUT2D eigenvalue weighted by Crippen LogP contribution is -2.49. The topological polar surface area (TPSA) is 75.7 Å². The second kappa shape index (κ2) is 6.19. The van der Waals surface area contributed by atoms with Crippen molar-refractivity contribution in [1.29, 1.82) is 0 Å². The SMILES string of the molecule is CN(CC1CNCCO1)C(=O)C1CCCCS1(=O)=O. The van der Waals surface area contributed by atoms with E-state index < -0.39 is 15.1 Å². The molecular weight excluding hydrogens is 268 g/mol. The van der Waals surface area contributed by atoms with E-state index in [1.165, 1.54) is 4.90 Å². The molecule has 2 heterocycles. The van der Waals surface area contributed by atoms with Crippen LogP contribution in [-0.4, -0.2) is 69.6 Å². The minimum atomic E-state index is -3.26. The molecule has 0 aromatic carbocycles. The van der Waals surface area contributed by atoms with Gasteiger partial charge >= 0.3 is 0 Å². The average molecular weight is 290 g/mol. The molecule has 110 valence electrons. The van der Waals surface area contributed by atoms with Gasteiger partial charge in [-0.1, -0.05) is 6.42 Å². The van der Waals surface area contributed by atoms with E-state index in [4.69, 9.17) is 4.74 Å². The first-order valence-corrected chi connectivity index (χ1v) is 8.51. The molecule has 1 amide bonds. The van der Waals surface area contributed by atoms with Gasteiger partial charge in [0.1, 0.15) is 5.25 Å². The van der Waals surface area contributed by atoms with Gasteiger partial charge in [-0.2, -0.15) is 0 Å². The molecule has 2 unspecified atom stereocenters. The summed E-state index contributed by atoms with van der Waals surface area (Å²) in [5, 5.41) is 2.35. The molecule has 0 aromatic rings. The third kappa shape index (κ3) is 3.67. The van der Waals surface area contributed by atoms with Crippen LogP contribution in [0.5, 0.6) is 0 Å². The number of nitrogens with one attached hydrogen (secondary N) is 1. The number of likely N-dealkylation sites (N-methyl/N-ethyl adjacent to an activating group) is 1. The second-order valence-electron chi connectivity index (χ2n) is 5.27. The van der Waals surface area contributed by atoms with Crippen LogP contribution >= 0.6 is 0 Å². The van der Waals surface area contributed by atoms with Gasteiger partial charge in [0.25, 0.3) is 0 Å². The summed E-state index contributed by atoms with van der Waals surface area (Å²) in [6.07, 6.45) is 1.89. The summed E-state index contributed by atoms with van der Waals surface area (Å²) in [4.78, 5) is 13.8. The van der Waals surface area contributed by atoms with Crippen molar-refractivity contribution >= 4 is 15.7 Å². The highest BCUT2D eigenvalue weighted by molar-refractivity contribution is 7.92. The zero-order valence-corrected chi connectivity index (χ0v) is 12.1. The Morgan fingerprint density at radius 2 is 2.21 bits per heavy atom. The van der Waals surface area contributed by atoms with Crippen molar-refractivity contribution < 1.29 is 17.9 Å². The molecule has 0 bridgehead atoms. The van der Waals surface area contributed by atoms with Crippen LogP contribution in [0.3, 0.4) is 0 Å². The summed E-state index contributed by atoms with van der Waals surface area (Å²) < 4.78 is 29.4. The Morgan fingerprint density at radius 3 is 2.84 bits per heavy atom. The molecule has 0 radical (unpaired) electrons. The van der Waals surface area contributed by atoms with Gasteiger partial charge in [0.15, 0.2) is 9.84 Å². The van der Waals surface area contributed by atoms with Crippen LogP contribution in [0, 0.1) is 0 Å². The van der Waals surface area contributed by atoms with Crippen molar-refractivity contribution in [3.63, 3.8) is 0 Å². The smallest absolute Gasteiger partial charge is 0.240 e. The Hall–Kier alpha value is -0.660. The van der Waals surface area contributed by atoms with E-state index in [-0.39, 0.29) is 17.8 Å². The van der Waals surface area contributed by atoms with Gasteiger partial charge in [-0.15, -0.1) is 0 Å². The van der Waals surface area contributed by atoms with Crippen molar-refractivity contribution in [2.45, 2.75) is 30.6 Å². The quantitative estimate of drug-likeness (QED) is 0.751. The Bertz CT molecular complexity index is 417. The second-order valence-corrected chi connectivity index (χ2v) is 7.57. The maximum absolute atomic E-state index is 12.3. The molecule has 2 aliphatic heterocycles. The van der Waals surface area contributed by atoms with Gasteiger partial charge in [0, 0.05) is 26.7 Å². The predicted molar refractivity (Wildman–Crippen MR) is 71.7 cm³/mol. The number of nitrogens with zero attached hydrogens (tertiary/aromatic N) is 1. The minimum Gasteiger partial charge on any atom is -0.374 e. The number of amides is 1. The van der Waals surface area contributed by atoms with E-state index in [2.05, 4.69) is 5.32 Å². The lowest BCUT2D eigenvalue weighted by atomic mass is 10.1. The normalized spacial score (nSPS) is 30.8. The standard InChI is InChI=1S/C12H22N2O4S/c1-14(9-10-8-13-5-6-18-10)12(15)11-4-2-3-7-19(11,16)17/h10-11,13H,2-9H2,1H3. The van der Waals surface area contributed by atoms with Crippen molar-refractivity contribution in [1.82, 2.24) is 10.2 Å². The molecule has 0 aliphatic carbocycles. The summed E-state index contributed by atoms with van der Waals surface area (Å²) in [5.74, 6) is -0.146. The summed E-state index contributed by atoms with van der Waals surface area (Å²) in [5.41, 5.74) is 0. The molecule has 7 heteroatoms. The molecule has 19 heavy (non-hydrogen) atoms. The number of ether oxygens (including phenoxy) is 1. The Balaban J connectivity index is 1.94. The van der Waals surface area contributed by atoms with Crippen molar-refractivity contribution in [3.05, 3.63) is 0 Å². The molecule has 0 saturated carbocycles. The lowest BCUT2D eigenvalue weighted by molar-refractivity contribution is -0.131.